The predicted octanol–water partition coefficient (Wildman–Crippen LogP) is 2.89. The number of carbonyl (C=O) groups is 1. The fraction of sp³-hybridized carbons (Fsp3) is 0.545. The molecular formula is C22H27NO5. The summed E-state index contributed by atoms with van der Waals surface area (Å²) in [7, 11) is 0. The summed E-state index contributed by atoms with van der Waals surface area (Å²) in [5.74, 6) is 0.598. The molecule has 2 fully saturated rings. The van der Waals surface area contributed by atoms with Crippen LogP contribution in [0, 0.1) is 5.92 Å². The Labute approximate surface area is 164 Å². The molecule has 1 N–H and O–H groups in total. The number of benzene rings is 1. The molecule has 2 atom stereocenters. The van der Waals surface area contributed by atoms with E-state index in [0.717, 1.165) is 43.1 Å². The maximum Gasteiger partial charge on any atom is 0.336 e. The van der Waals surface area contributed by atoms with Gasteiger partial charge in [-0.2, -0.15) is 0 Å². The van der Waals surface area contributed by atoms with E-state index in [1.807, 2.05) is 13.0 Å². The van der Waals surface area contributed by atoms with Gasteiger partial charge in [0.2, 0.25) is 0 Å². The smallest absolute Gasteiger partial charge is 0.336 e. The third-order valence-corrected chi connectivity index (χ3v) is 6.33. The van der Waals surface area contributed by atoms with Crippen molar-refractivity contribution in [2.45, 2.75) is 51.0 Å². The summed E-state index contributed by atoms with van der Waals surface area (Å²) in [6.07, 6.45) is 5.39. The number of piperidine rings is 1. The van der Waals surface area contributed by atoms with Gasteiger partial charge in [0.05, 0.1) is 5.60 Å². The Morgan fingerprint density at radius 1 is 1.32 bits per heavy atom. The van der Waals surface area contributed by atoms with Crippen molar-refractivity contribution >= 4 is 16.9 Å². The van der Waals surface area contributed by atoms with Crippen LogP contribution in [0.15, 0.2) is 33.5 Å². The van der Waals surface area contributed by atoms with Crippen LogP contribution in [-0.2, 0) is 11.2 Å². The lowest BCUT2D eigenvalue weighted by Gasteiger charge is -2.47. The fourth-order valence-corrected chi connectivity index (χ4v) is 4.63. The van der Waals surface area contributed by atoms with Crippen LogP contribution in [0.3, 0.4) is 0 Å². The Morgan fingerprint density at radius 2 is 2.18 bits per heavy atom. The van der Waals surface area contributed by atoms with Crippen LogP contribution in [0.2, 0.25) is 0 Å². The number of ether oxygens (including phenoxy) is 1. The van der Waals surface area contributed by atoms with Crippen LogP contribution in [-0.4, -0.2) is 41.2 Å². The van der Waals surface area contributed by atoms with Gasteiger partial charge in [-0.1, -0.05) is 19.8 Å². The van der Waals surface area contributed by atoms with Gasteiger partial charge in [-0.3, -0.25) is 4.79 Å². The molecule has 6 heteroatoms. The molecule has 4 rings (SSSR count). The zero-order valence-corrected chi connectivity index (χ0v) is 16.3. The minimum atomic E-state index is -0.594. The van der Waals surface area contributed by atoms with Crippen molar-refractivity contribution in [3.05, 3.63) is 40.2 Å². The van der Waals surface area contributed by atoms with Crippen LogP contribution in [0.5, 0.6) is 5.75 Å². The third kappa shape index (κ3) is 3.65. The van der Waals surface area contributed by atoms with Crippen molar-refractivity contribution in [3.8, 4) is 5.75 Å². The van der Waals surface area contributed by atoms with Gasteiger partial charge in [0, 0.05) is 36.5 Å². The highest BCUT2D eigenvalue weighted by Gasteiger charge is 2.43. The molecular weight excluding hydrogens is 358 g/mol. The van der Waals surface area contributed by atoms with Gasteiger partial charge in [-0.25, -0.2) is 4.79 Å². The van der Waals surface area contributed by atoms with Crippen molar-refractivity contribution in [2.75, 3.05) is 19.7 Å². The molecule has 0 bridgehead atoms. The fourth-order valence-electron chi connectivity index (χ4n) is 4.63. The summed E-state index contributed by atoms with van der Waals surface area (Å²) in [6.45, 7) is 3.10. The minimum absolute atomic E-state index is 0.0612. The van der Waals surface area contributed by atoms with Gasteiger partial charge in [0.15, 0.2) is 6.61 Å². The molecule has 1 saturated carbocycles. The highest BCUT2D eigenvalue weighted by molar-refractivity contribution is 5.82. The molecule has 28 heavy (non-hydrogen) atoms. The molecule has 150 valence electrons. The number of hydrogen-bond donors (Lipinski definition) is 1. The highest BCUT2D eigenvalue weighted by atomic mass is 16.5. The van der Waals surface area contributed by atoms with E-state index in [1.54, 1.807) is 17.0 Å². The van der Waals surface area contributed by atoms with E-state index in [9.17, 15) is 14.7 Å². The second-order valence-corrected chi connectivity index (χ2v) is 8.03. The van der Waals surface area contributed by atoms with Crippen molar-refractivity contribution in [1.29, 1.82) is 0 Å². The molecule has 2 heterocycles. The second-order valence-electron chi connectivity index (χ2n) is 8.03. The Bertz CT molecular complexity index is 936. The van der Waals surface area contributed by atoms with E-state index in [0.29, 0.717) is 30.8 Å². The van der Waals surface area contributed by atoms with Crippen LogP contribution < -0.4 is 10.4 Å². The topological polar surface area (TPSA) is 80.0 Å². The zero-order chi connectivity index (χ0) is 19.7. The Morgan fingerprint density at radius 3 is 3.00 bits per heavy atom. The van der Waals surface area contributed by atoms with E-state index in [1.165, 1.54) is 6.07 Å². The maximum absolute atomic E-state index is 12.6. The monoisotopic (exact) mass is 385 g/mol. The van der Waals surface area contributed by atoms with Gasteiger partial charge in [0.25, 0.3) is 5.91 Å². The quantitative estimate of drug-likeness (QED) is 0.819. The SMILES string of the molecule is CCc1cc(=O)oc2cc(OCC(=O)N3CC[C@]4(O)CCCC[C@@H]4C3)ccc12. The van der Waals surface area contributed by atoms with Gasteiger partial charge in [0.1, 0.15) is 11.3 Å². The second kappa shape index (κ2) is 7.59. The number of likely N-dealkylation sites (tertiary alicyclic amines) is 1. The summed E-state index contributed by atoms with van der Waals surface area (Å²) in [5, 5.41) is 11.6. The van der Waals surface area contributed by atoms with Gasteiger partial charge in [-0.05, 0) is 43.4 Å². The van der Waals surface area contributed by atoms with E-state index >= 15 is 0 Å². The zero-order valence-electron chi connectivity index (χ0n) is 16.3. The molecule has 6 nitrogen and oxygen atoms in total. The molecule has 1 saturated heterocycles. The molecule has 0 unspecified atom stereocenters. The summed E-state index contributed by atoms with van der Waals surface area (Å²) < 4.78 is 11.0. The minimum Gasteiger partial charge on any atom is -0.484 e. The molecule has 1 aromatic carbocycles. The van der Waals surface area contributed by atoms with Gasteiger partial charge < -0.3 is 19.2 Å². The van der Waals surface area contributed by atoms with Crippen molar-refractivity contribution in [3.63, 3.8) is 0 Å². The first kappa shape index (κ1) is 19.0. The molecule has 2 aliphatic rings. The number of fused-ring (bicyclic) bond motifs is 2. The Hall–Kier alpha value is -2.34. The lowest BCUT2D eigenvalue weighted by molar-refractivity contribution is -0.145. The largest absolute Gasteiger partial charge is 0.484 e. The van der Waals surface area contributed by atoms with Gasteiger partial charge in [-0.15, -0.1) is 0 Å². The van der Waals surface area contributed by atoms with E-state index in [2.05, 4.69) is 0 Å². The molecule has 2 aromatic rings. The van der Waals surface area contributed by atoms with Crippen LogP contribution in [0.1, 0.15) is 44.6 Å². The highest BCUT2D eigenvalue weighted by Crippen LogP contribution is 2.39. The molecule has 1 aliphatic heterocycles. The van der Waals surface area contributed by atoms with E-state index < -0.39 is 5.60 Å². The molecule has 1 aliphatic carbocycles. The Kier molecular flexibility index (Phi) is 5.15. The lowest BCUT2D eigenvalue weighted by atomic mass is 9.71. The van der Waals surface area contributed by atoms with Gasteiger partial charge >= 0.3 is 5.63 Å². The summed E-state index contributed by atoms with van der Waals surface area (Å²) in [6, 6.07) is 6.83. The van der Waals surface area contributed by atoms with Crippen LogP contribution in [0.4, 0.5) is 0 Å². The molecule has 0 spiro atoms. The van der Waals surface area contributed by atoms with Crippen molar-refractivity contribution < 1.29 is 19.1 Å². The number of hydrogen-bond acceptors (Lipinski definition) is 5. The summed E-state index contributed by atoms with van der Waals surface area (Å²) >= 11 is 0. The summed E-state index contributed by atoms with van der Waals surface area (Å²) in [5.41, 5.74) is 0.426. The lowest BCUT2D eigenvalue weighted by Crippen LogP contribution is -2.55. The first-order valence-corrected chi connectivity index (χ1v) is 10.2. The molecule has 0 radical (unpaired) electrons. The standard InChI is InChI=1S/C22H27NO5/c1-2-15-11-21(25)28-19-12-17(6-7-18(15)19)27-14-20(24)23-10-9-22(26)8-4-3-5-16(22)13-23/h6-7,11-12,16,26H,2-5,8-10,13-14H2,1H3/t16-,22-/m1/s1. The first-order chi connectivity index (χ1) is 13.5. The van der Waals surface area contributed by atoms with Crippen molar-refractivity contribution in [2.24, 2.45) is 5.92 Å². The number of rotatable bonds is 4. The number of aryl methyl sites for hydroxylation is 1. The summed E-state index contributed by atoms with van der Waals surface area (Å²) in [4.78, 5) is 26.1. The molecule has 1 amide bonds. The third-order valence-electron chi connectivity index (χ3n) is 6.33. The van der Waals surface area contributed by atoms with Crippen LogP contribution >= 0.6 is 0 Å². The number of amides is 1. The number of carbonyl (C=O) groups excluding carboxylic acids is 1. The normalized spacial score (nSPS) is 24.8. The first-order valence-electron chi connectivity index (χ1n) is 10.2. The average Bonchev–Trinajstić information content (AvgIpc) is 2.70. The van der Waals surface area contributed by atoms with Crippen LogP contribution in [0.25, 0.3) is 11.0 Å². The van der Waals surface area contributed by atoms with Crippen molar-refractivity contribution in [1.82, 2.24) is 4.90 Å². The number of aliphatic hydroxyl groups is 1. The number of nitrogens with zero attached hydrogens (tertiary/aromatic N) is 1. The maximum atomic E-state index is 12.6. The average molecular weight is 385 g/mol. The Balaban J connectivity index is 1.41. The van der Waals surface area contributed by atoms with E-state index in [4.69, 9.17) is 9.15 Å². The molecule has 1 aromatic heterocycles. The predicted molar refractivity (Wildman–Crippen MR) is 105 cm³/mol. The van der Waals surface area contributed by atoms with E-state index in [-0.39, 0.29) is 24.1 Å².